The van der Waals surface area contributed by atoms with Gasteiger partial charge in [0.15, 0.2) is 5.50 Å². The Balaban J connectivity index is 3.34. The summed E-state index contributed by atoms with van der Waals surface area (Å²) in [5.74, 6) is 0. The average Bonchev–Trinajstić information content (AvgIpc) is 1.65. The Morgan fingerprint density at radius 2 is 2.43 bits per heavy atom. The molecule has 2 nitrogen and oxygen atoms in total. The molecule has 0 bridgehead atoms. The molecule has 2 atom stereocenters. The lowest BCUT2D eigenvalue weighted by Gasteiger charge is -2.06. The van der Waals surface area contributed by atoms with Gasteiger partial charge in [0, 0.05) is 0 Å². The van der Waals surface area contributed by atoms with E-state index in [0.29, 0.717) is 0 Å². The van der Waals surface area contributed by atoms with Crippen molar-refractivity contribution in [1.82, 2.24) is 0 Å². The van der Waals surface area contributed by atoms with Gasteiger partial charge in [-0.15, -0.1) is 0 Å². The number of alkyl halides is 1. The zero-order valence-corrected chi connectivity index (χ0v) is 4.70. The highest BCUT2D eigenvalue weighted by Gasteiger charge is 1.98. The van der Waals surface area contributed by atoms with E-state index < -0.39 is 16.6 Å². The van der Waals surface area contributed by atoms with Gasteiger partial charge in [-0.3, -0.25) is 4.21 Å². The van der Waals surface area contributed by atoms with Crippen molar-refractivity contribution in [3.8, 4) is 0 Å². The summed E-state index contributed by atoms with van der Waals surface area (Å²) >= 11 is -2.53. The second kappa shape index (κ2) is 3.10. The molecule has 0 saturated heterocycles. The second-order valence-electron chi connectivity index (χ2n) is 1.08. The number of halogens is 1. The third-order valence-corrected chi connectivity index (χ3v) is 1.28. The average molecular weight is 125 g/mol. The summed E-state index contributed by atoms with van der Waals surface area (Å²) in [7, 11) is 0. The molecule has 7 heavy (non-hydrogen) atoms. The Kier molecular flexibility index (Phi) is 3.11. The van der Waals surface area contributed by atoms with E-state index in [0.717, 1.165) is 0 Å². The first-order valence-electron chi connectivity index (χ1n) is 1.90. The van der Waals surface area contributed by atoms with E-state index >= 15 is 0 Å². The number of hydrogen-bond acceptors (Lipinski definition) is 2. The fourth-order valence-electron chi connectivity index (χ4n) is 0.136. The SMILES string of the molecule is CCC(F)S(=O)[O-]. The Morgan fingerprint density at radius 3 is 2.43 bits per heavy atom. The molecule has 0 aliphatic heterocycles. The highest BCUT2D eigenvalue weighted by Crippen LogP contribution is 1.98. The summed E-state index contributed by atoms with van der Waals surface area (Å²) in [6.07, 6.45) is 0.0378. The van der Waals surface area contributed by atoms with Crippen molar-refractivity contribution in [1.29, 1.82) is 0 Å². The van der Waals surface area contributed by atoms with Gasteiger partial charge in [-0.25, -0.2) is 4.39 Å². The maximum atomic E-state index is 11.6. The Hall–Kier alpha value is 0.0400. The smallest absolute Gasteiger partial charge is 0.161 e. The molecule has 0 spiro atoms. The van der Waals surface area contributed by atoms with Crippen molar-refractivity contribution in [3.05, 3.63) is 0 Å². The zero-order valence-electron chi connectivity index (χ0n) is 3.89. The minimum atomic E-state index is -2.53. The third kappa shape index (κ3) is 2.70. The number of rotatable bonds is 2. The molecule has 0 rings (SSSR count). The van der Waals surface area contributed by atoms with Crippen LogP contribution >= 0.6 is 0 Å². The van der Waals surface area contributed by atoms with Crippen LogP contribution in [-0.4, -0.2) is 14.3 Å². The predicted octanol–water partition coefficient (Wildman–Crippen LogP) is 0.571. The van der Waals surface area contributed by atoms with Crippen LogP contribution in [0.15, 0.2) is 0 Å². The van der Waals surface area contributed by atoms with Gasteiger partial charge in [0.2, 0.25) is 0 Å². The van der Waals surface area contributed by atoms with Crippen molar-refractivity contribution in [2.24, 2.45) is 0 Å². The molecule has 0 amide bonds. The van der Waals surface area contributed by atoms with Crippen molar-refractivity contribution < 1.29 is 13.2 Å². The molecule has 0 aliphatic rings. The molecule has 0 radical (unpaired) electrons. The van der Waals surface area contributed by atoms with Crippen molar-refractivity contribution in [3.63, 3.8) is 0 Å². The van der Waals surface area contributed by atoms with Crippen molar-refractivity contribution in [2.75, 3.05) is 0 Å². The highest BCUT2D eigenvalue weighted by molar-refractivity contribution is 7.79. The van der Waals surface area contributed by atoms with Crippen molar-refractivity contribution in [2.45, 2.75) is 18.8 Å². The minimum Gasteiger partial charge on any atom is -0.770 e. The van der Waals surface area contributed by atoms with E-state index in [9.17, 15) is 13.2 Å². The molecule has 0 aliphatic carbocycles. The molecular weight excluding hydrogens is 119 g/mol. The molecule has 2 unspecified atom stereocenters. The van der Waals surface area contributed by atoms with E-state index in [1.54, 1.807) is 0 Å². The molecule has 44 valence electrons. The van der Waals surface area contributed by atoms with Gasteiger partial charge >= 0.3 is 0 Å². The summed E-state index contributed by atoms with van der Waals surface area (Å²) in [5, 5.41) is 0. The standard InChI is InChI=1S/C3H7FO2S/c1-2-3(4)7(5)6/h3H,2H2,1H3,(H,5,6)/p-1. The monoisotopic (exact) mass is 125 g/mol. The fraction of sp³-hybridized carbons (Fsp3) is 1.00. The van der Waals surface area contributed by atoms with Crippen LogP contribution in [0.25, 0.3) is 0 Å². The molecular formula is C3H6FO2S-. The van der Waals surface area contributed by atoms with Gasteiger partial charge < -0.3 is 4.55 Å². The van der Waals surface area contributed by atoms with E-state index in [2.05, 4.69) is 0 Å². The Bertz CT molecular complexity index is 75.3. The fourth-order valence-corrected chi connectivity index (χ4v) is 0.408. The largest absolute Gasteiger partial charge is 0.770 e. The van der Waals surface area contributed by atoms with E-state index in [1.807, 2.05) is 0 Å². The third-order valence-electron chi connectivity index (χ3n) is 0.530. The summed E-state index contributed by atoms with van der Waals surface area (Å²) in [6, 6.07) is 0. The Labute approximate surface area is 44.0 Å². The summed E-state index contributed by atoms with van der Waals surface area (Å²) in [5.41, 5.74) is -1.68. The van der Waals surface area contributed by atoms with Gasteiger partial charge in [-0.1, -0.05) is 6.92 Å². The maximum Gasteiger partial charge on any atom is 0.161 e. The van der Waals surface area contributed by atoms with Crippen LogP contribution in [0.3, 0.4) is 0 Å². The predicted molar refractivity (Wildman–Crippen MR) is 24.1 cm³/mol. The van der Waals surface area contributed by atoms with Crippen LogP contribution in [0.1, 0.15) is 13.3 Å². The van der Waals surface area contributed by atoms with Gasteiger partial charge in [0.25, 0.3) is 0 Å². The van der Waals surface area contributed by atoms with Gasteiger partial charge in [-0.2, -0.15) is 0 Å². The summed E-state index contributed by atoms with van der Waals surface area (Å²) in [6.45, 7) is 1.47. The first-order valence-corrected chi connectivity index (χ1v) is 3.04. The maximum absolute atomic E-state index is 11.6. The molecule has 0 aromatic heterocycles. The second-order valence-corrected chi connectivity index (χ2v) is 2.11. The van der Waals surface area contributed by atoms with Crippen molar-refractivity contribution >= 4 is 11.1 Å². The van der Waals surface area contributed by atoms with Crippen LogP contribution in [0.5, 0.6) is 0 Å². The molecule has 0 aromatic carbocycles. The molecule has 0 aromatic rings. The molecule has 0 N–H and O–H groups in total. The quantitative estimate of drug-likeness (QED) is 0.506. The lowest BCUT2D eigenvalue weighted by molar-refractivity contribution is 0.394. The molecule has 4 heteroatoms. The normalized spacial score (nSPS) is 18.7. The van der Waals surface area contributed by atoms with Gasteiger partial charge in [0.05, 0.1) is 0 Å². The van der Waals surface area contributed by atoms with E-state index in [-0.39, 0.29) is 6.42 Å². The van der Waals surface area contributed by atoms with Crippen LogP contribution in [-0.2, 0) is 11.1 Å². The highest BCUT2D eigenvalue weighted by atomic mass is 32.2. The first kappa shape index (κ1) is 7.04. The molecule has 0 saturated carbocycles. The zero-order chi connectivity index (χ0) is 5.86. The van der Waals surface area contributed by atoms with E-state index in [1.165, 1.54) is 6.92 Å². The van der Waals surface area contributed by atoms with Crippen LogP contribution < -0.4 is 0 Å². The Morgan fingerprint density at radius 1 is 2.00 bits per heavy atom. The van der Waals surface area contributed by atoms with Crippen LogP contribution in [0.2, 0.25) is 0 Å². The van der Waals surface area contributed by atoms with Crippen LogP contribution in [0.4, 0.5) is 4.39 Å². The van der Waals surface area contributed by atoms with Gasteiger partial charge in [-0.05, 0) is 17.5 Å². The minimum absolute atomic E-state index is 0.0378. The van der Waals surface area contributed by atoms with Gasteiger partial charge in [0.1, 0.15) is 0 Å². The lowest BCUT2D eigenvalue weighted by Crippen LogP contribution is -2.04. The lowest BCUT2D eigenvalue weighted by atomic mass is 10.6. The topological polar surface area (TPSA) is 40.1 Å². The first-order chi connectivity index (χ1) is 3.18. The molecule has 0 heterocycles. The summed E-state index contributed by atoms with van der Waals surface area (Å²) < 4.78 is 30.8. The number of hydrogen-bond donors (Lipinski definition) is 0. The summed E-state index contributed by atoms with van der Waals surface area (Å²) in [4.78, 5) is 0. The van der Waals surface area contributed by atoms with E-state index in [4.69, 9.17) is 0 Å². The van der Waals surface area contributed by atoms with Crippen LogP contribution in [0, 0.1) is 0 Å². The molecule has 0 fully saturated rings.